The smallest absolute Gasteiger partial charge is 0.0105 e. The van der Waals surface area contributed by atoms with Crippen LogP contribution in [0.5, 0.6) is 0 Å². The zero-order valence-electron chi connectivity index (χ0n) is 12.6. The predicted molar refractivity (Wildman–Crippen MR) is 91.4 cm³/mol. The van der Waals surface area contributed by atoms with Crippen LogP contribution in [-0.2, 0) is 0 Å². The minimum Gasteiger partial charge on any atom is -0.0622 e. The van der Waals surface area contributed by atoms with E-state index in [0.717, 1.165) is 0 Å². The Morgan fingerprint density at radius 3 is 1.52 bits per heavy atom. The van der Waals surface area contributed by atoms with Gasteiger partial charge in [-0.05, 0) is 33.7 Å². The molecule has 3 aromatic rings. The van der Waals surface area contributed by atoms with Gasteiger partial charge in [-0.2, -0.15) is 0 Å². The van der Waals surface area contributed by atoms with E-state index in [1.54, 1.807) is 0 Å². The molecule has 0 atom stereocenters. The Bertz CT molecular complexity index is 707. The van der Waals surface area contributed by atoms with Crippen LogP contribution in [0.4, 0.5) is 0 Å². The fourth-order valence-corrected chi connectivity index (χ4v) is 2.65. The lowest BCUT2D eigenvalue weighted by Gasteiger charge is -2.11. The largest absolute Gasteiger partial charge is 0.0622 e. The lowest BCUT2D eigenvalue weighted by atomic mass is 9.93. The van der Waals surface area contributed by atoms with Crippen LogP contribution in [0.1, 0.15) is 25.3 Å². The number of hydrogen-bond acceptors (Lipinski definition) is 0. The van der Waals surface area contributed by atoms with Crippen LogP contribution >= 0.6 is 0 Å². The van der Waals surface area contributed by atoms with Gasteiger partial charge in [0.25, 0.3) is 0 Å². The summed E-state index contributed by atoms with van der Waals surface area (Å²) < 4.78 is 0. The molecule has 0 heteroatoms. The van der Waals surface area contributed by atoms with Crippen LogP contribution < -0.4 is 0 Å². The average Bonchev–Trinajstić information content (AvgIpc) is 2.56. The van der Waals surface area contributed by atoms with Crippen molar-refractivity contribution in [1.29, 1.82) is 0 Å². The molecule has 0 saturated carbocycles. The van der Waals surface area contributed by atoms with Crippen molar-refractivity contribution in [3.05, 3.63) is 84.4 Å². The molecule has 0 aliphatic rings. The highest BCUT2D eigenvalue weighted by Gasteiger charge is 2.07. The Hall–Kier alpha value is -2.34. The molecule has 104 valence electrons. The highest BCUT2D eigenvalue weighted by molar-refractivity contribution is 5.83. The van der Waals surface area contributed by atoms with Gasteiger partial charge in [0.15, 0.2) is 0 Å². The summed E-state index contributed by atoms with van der Waals surface area (Å²) in [5.41, 5.74) is 6.50. The molecule has 0 nitrogen and oxygen atoms in total. The normalized spacial score (nSPS) is 10.8. The number of rotatable bonds is 3. The Morgan fingerprint density at radius 1 is 0.524 bits per heavy atom. The second-order valence-corrected chi connectivity index (χ2v) is 5.69. The van der Waals surface area contributed by atoms with Crippen molar-refractivity contribution >= 4 is 0 Å². The molecular formula is C21H20. The van der Waals surface area contributed by atoms with E-state index in [-0.39, 0.29) is 0 Å². The molecule has 0 heterocycles. The van der Waals surface area contributed by atoms with Crippen molar-refractivity contribution in [2.75, 3.05) is 0 Å². The van der Waals surface area contributed by atoms with Gasteiger partial charge in [0.05, 0.1) is 0 Å². The maximum Gasteiger partial charge on any atom is -0.0105 e. The molecule has 0 N–H and O–H groups in total. The van der Waals surface area contributed by atoms with E-state index in [1.807, 2.05) is 0 Å². The number of hydrogen-bond donors (Lipinski definition) is 0. The van der Waals surface area contributed by atoms with Crippen LogP contribution in [0.25, 0.3) is 22.3 Å². The molecule has 0 amide bonds. The van der Waals surface area contributed by atoms with Gasteiger partial charge in [0.1, 0.15) is 0 Å². The minimum absolute atomic E-state index is 0.573. The van der Waals surface area contributed by atoms with Gasteiger partial charge in [-0.1, -0.05) is 92.7 Å². The highest BCUT2D eigenvalue weighted by Crippen LogP contribution is 2.32. The van der Waals surface area contributed by atoms with Crippen LogP contribution in [0.2, 0.25) is 0 Å². The zero-order valence-corrected chi connectivity index (χ0v) is 12.6. The van der Waals surface area contributed by atoms with E-state index in [9.17, 15) is 0 Å². The van der Waals surface area contributed by atoms with Gasteiger partial charge in [-0.25, -0.2) is 0 Å². The topological polar surface area (TPSA) is 0 Å². The van der Waals surface area contributed by atoms with Crippen LogP contribution in [0.3, 0.4) is 0 Å². The summed E-state index contributed by atoms with van der Waals surface area (Å²) in [6.07, 6.45) is 0. The van der Waals surface area contributed by atoms with Crippen molar-refractivity contribution in [2.45, 2.75) is 19.8 Å². The number of benzene rings is 3. The van der Waals surface area contributed by atoms with Crippen molar-refractivity contribution in [3.8, 4) is 22.3 Å². The first-order valence-corrected chi connectivity index (χ1v) is 7.50. The van der Waals surface area contributed by atoms with E-state index in [2.05, 4.69) is 92.7 Å². The molecule has 21 heavy (non-hydrogen) atoms. The Labute approximate surface area is 127 Å². The van der Waals surface area contributed by atoms with E-state index in [1.165, 1.54) is 27.8 Å². The van der Waals surface area contributed by atoms with E-state index in [0.29, 0.717) is 5.92 Å². The summed E-state index contributed by atoms with van der Waals surface area (Å²) in [5, 5.41) is 0. The fourth-order valence-electron chi connectivity index (χ4n) is 2.65. The van der Waals surface area contributed by atoms with Crippen molar-refractivity contribution in [3.63, 3.8) is 0 Å². The van der Waals surface area contributed by atoms with E-state index in [4.69, 9.17) is 0 Å². The fraction of sp³-hybridized carbons (Fsp3) is 0.143. The standard InChI is InChI=1S/C21H20/c1-16(2)17-12-14-19(15-13-17)21-11-7-6-10-20(21)18-8-4-3-5-9-18/h3-16H,1-2H3. The summed E-state index contributed by atoms with van der Waals surface area (Å²) in [7, 11) is 0. The SMILES string of the molecule is CC(C)c1ccc(-c2ccccc2-c2ccccc2)cc1. The van der Waals surface area contributed by atoms with Gasteiger partial charge >= 0.3 is 0 Å². The summed E-state index contributed by atoms with van der Waals surface area (Å²) in [4.78, 5) is 0. The molecule has 3 rings (SSSR count). The molecule has 3 aromatic carbocycles. The molecule has 0 bridgehead atoms. The summed E-state index contributed by atoms with van der Waals surface area (Å²) in [5.74, 6) is 0.573. The maximum atomic E-state index is 2.24. The minimum atomic E-state index is 0.573. The second-order valence-electron chi connectivity index (χ2n) is 5.69. The van der Waals surface area contributed by atoms with Crippen molar-refractivity contribution in [1.82, 2.24) is 0 Å². The van der Waals surface area contributed by atoms with Gasteiger partial charge in [0.2, 0.25) is 0 Å². The van der Waals surface area contributed by atoms with Gasteiger partial charge in [-0.3, -0.25) is 0 Å². The molecule has 0 saturated heterocycles. The Balaban J connectivity index is 2.07. The molecule has 0 aromatic heterocycles. The average molecular weight is 272 g/mol. The zero-order chi connectivity index (χ0) is 14.7. The highest BCUT2D eigenvalue weighted by atomic mass is 14.1. The summed E-state index contributed by atoms with van der Waals surface area (Å²) >= 11 is 0. The molecule has 0 aliphatic carbocycles. The third-order valence-corrected chi connectivity index (χ3v) is 3.90. The van der Waals surface area contributed by atoms with Crippen LogP contribution in [-0.4, -0.2) is 0 Å². The van der Waals surface area contributed by atoms with Gasteiger partial charge < -0.3 is 0 Å². The molecule has 0 spiro atoms. The van der Waals surface area contributed by atoms with Crippen LogP contribution in [0.15, 0.2) is 78.9 Å². The molecule has 0 fully saturated rings. The first kappa shape index (κ1) is 13.6. The molecule has 0 aliphatic heterocycles. The third kappa shape index (κ3) is 2.90. The first-order valence-electron chi connectivity index (χ1n) is 7.50. The molecule has 0 unspecified atom stereocenters. The Morgan fingerprint density at radius 2 is 1.00 bits per heavy atom. The van der Waals surface area contributed by atoms with Gasteiger partial charge in [0, 0.05) is 0 Å². The van der Waals surface area contributed by atoms with Crippen molar-refractivity contribution in [2.24, 2.45) is 0 Å². The third-order valence-electron chi connectivity index (χ3n) is 3.90. The molecule has 0 radical (unpaired) electrons. The van der Waals surface area contributed by atoms with Gasteiger partial charge in [-0.15, -0.1) is 0 Å². The quantitative estimate of drug-likeness (QED) is 0.537. The Kier molecular flexibility index (Phi) is 3.87. The molecular weight excluding hydrogens is 252 g/mol. The first-order chi connectivity index (χ1) is 10.3. The lowest BCUT2D eigenvalue weighted by Crippen LogP contribution is -1.88. The summed E-state index contributed by atoms with van der Waals surface area (Å²) in [6, 6.07) is 28.1. The predicted octanol–water partition coefficient (Wildman–Crippen LogP) is 6.14. The monoisotopic (exact) mass is 272 g/mol. The van der Waals surface area contributed by atoms with Crippen LogP contribution in [0, 0.1) is 0 Å². The lowest BCUT2D eigenvalue weighted by molar-refractivity contribution is 0.867. The van der Waals surface area contributed by atoms with Crippen molar-refractivity contribution < 1.29 is 0 Å². The van der Waals surface area contributed by atoms with E-state index < -0.39 is 0 Å². The summed E-state index contributed by atoms with van der Waals surface area (Å²) in [6.45, 7) is 4.46. The maximum absolute atomic E-state index is 2.24. The second kappa shape index (κ2) is 5.97. The van der Waals surface area contributed by atoms with E-state index >= 15 is 0 Å².